The first kappa shape index (κ1) is 15.8. The largest absolute Gasteiger partial charge is 0.487 e. The molecule has 0 saturated heterocycles. The van der Waals surface area contributed by atoms with Crippen molar-refractivity contribution in [3.8, 4) is 5.75 Å². The predicted octanol–water partition coefficient (Wildman–Crippen LogP) is 3.34. The molecule has 0 saturated carbocycles. The average molecular weight is 266 g/mol. The molecular weight excluding hydrogens is 240 g/mol. The van der Waals surface area contributed by atoms with E-state index in [1.807, 2.05) is 26.0 Å². The molecule has 0 radical (unpaired) electrons. The molecule has 19 heavy (non-hydrogen) atoms. The van der Waals surface area contributed by atoms with Crippen molar-refractivity contribution in [3.05, 3.63) is 18.3 Å². The van der Waals surface area contributed by atoms with Crippen LogP contribution in [0.2, 0.25) is 0 Å². The monoisotopic (exact) mass is 266 g/mol. The molecule has 1 heterocycles. The van der Waals surface area contributed by atoms with E-state index in [1.54, 1.807) is 6.20 Å². The Morgan fingerprint density at radius 2 is 2.05 bits per heavy atom. The molecule has 0 aliphatic heterocycles. The number of aromatic nitrogens is 1. The van der Waals surface area contributed by atoms with Crippen molar-refractivity contribution in [3.63, 3.8) is 0 Å². The first-order valence-corrected chi connectivity index (χ1v) is 7.03. The number of ether oxygens (including phenoxy) is 2. The standard InChI is InChI=1S/C15H26N2O2/c1-12(2)11-18-10-6-9-17-15-14(19-13(3)4)7-5-8-16-15/h5,7-8,12-13H,6,9-11H2,1-4H3,(H,16,17). The van der Waals surface area contributed by atoms with Gasteiger partial charge in [0.1, 0.15) is 0 Å². The Balaban J connectivity index is 2.28. The Kier molecular flexibility index (Phi) is 7.26. The molecule has 0 atom stereocenters. The Morgan fingerprint density at radius 1 is 1.26 bits per heavy atom. The Bertz CT molecular complexity index is 354. The van der Waals surface area contributed by atoms with E-state index in [-0.39, 0.29) is 6.10 Å². The second kappa shape index (κ2) is 8.75. The van der Waals surface area contributed by atoms with Gasteiger partial charge in [0.25, 0.3) is 0 Å². The fraction of sp³-hybridized carbons (Fsp3) is 0.667. The van der Waals surface area contributed by atoms with Crippen LogP contribution in [0, 0.1) is 5.92 Å². The normalized spacial score (nSPS) is 11.1. The Hall–Kier alpha value is -1.29. The van der Waals surface area contributed by atoms with Gasteiger partial charge in [0.15, 0.2) is 11.6 Å². The summed E-state index contributed by atoms with van der Waals surface area (Å²) in [6.45, 7) is 10.8. The number of nitrogens with zero attached hydrogens (tertiary/aromatic N) is 1. The molecule has 1 N–H and O–H groups in total. The summed E-state index contributed by atoms with van der Waals surface area (Å²) in [7, 11) is 0. The first-order valence-electron chi connectivity index (χ1n) is 7.03. The van der Waals surface area contributed by atoms with Gasteiger partial charge in [-0.2, -0.15) is 0 Å². The number of rotatable bonds is 9. The molecule has 1 aromatic heterocycles. The van der Waals surface area contributed by atoms with Crippen molar-refractivity contribution >= 4 is 5.82 Å². The van der Waals surface area contributed by atoms with E-state index < -0.39 is 0 Å². The molecule has 1 aromatic rings. The average Bonchev–Trinajstić information content (AvgIpc) is 2.34. The van der Waals surface area contributed by atoms with E-state index >= 15 is 0 Å². The molecule has 1 rings (SSSR count). The minimum atomic E-state index is 0.152. The fourth-order valence-electron chi connectivity index (χ4n) is 1.57. The number of hydrogen-bond acceptors (Lipinski definition) is 4. The lowest BCUT2D eigenvalue weighted by atomic mass is 10.2. The smallest absolute Gasteiger partial charge is 0.168 e. The third kappa shape index (κ3) is 7.01. The molecule has 0 fully saturated rings. The molecule has 0 unspecified atom stereocenters. The topological polar surface area (TPSA) is 43.4 Å². The second-order valence-corrected chi connectivity index (χ2v) is 5.27. The molecule has 0 bridgehead atoms. The van der Waals surface area contributed by atoms with Crippen LogP contribution in [0.4, 0.5) is 5.82 Å². The summed E-state index contributed by atoms with van der Waals surface area (Å²) in [5, 5.41) is 3.29. The van der Waals surface area contributed by atoms with Crippen LogP contribution in [-0.2, 0) is 4.74 Å². The van der Waals surface area contributed by atoms with Crippen molar-refractivity contribution in [2.75, 3.05) is 25.1 Å². The SMILES string of the molecule is CC(C)COCCCNc1ncccc1OC(C)C. The van der Waals surface area contributed by atoms with Gasteiger partial charge in [0.2, 0.25) is 0 Å². The van der Waals surface area contributed by atoms with E-state index in [9.17, 15) is 0 Å². The summed E-state index contributed by atoms with van der Waals surface area (Å²) in [5.74, 6) is 2.20. The zero-order valence-corrected chi connectivity index (χ0v) is 12.5. The van der Waals surface area contributed by atoms with Gasteiger partial charge in [-0.05, 0) is 38.3 Å². The van der Waals surface area contributed by atoms with Gasteiger partial charge in [0.05, 0.1) is 6.10 Å². The molecule has 4 nitrogen and oxygen atoms in total. The summed E-state index contributed by atoms with van der Waals surface area (Å²) in [5.41, 5.74) is 0. The number of hydrogen-bond donors (Lipinski definition) is 1. The van der Waals surface area contributed by atoms with Crippen molar-refractivity contribution in [2.24, 2.45) is 5.92 Å². The summed E-state index contributed by atoms with van der Waals surface area (Å²) < 4.78 is 11.2. The highest BCUT2D eigenvalue weighted by Crippen LogP contribution is 2.21. The van der Waals surface area contributed by atoms with Gasteiger partial charge in [-0.1, -0.05) is 13.8 Å². The molecule has 0 amide bonds. The summed E-state index contributed by atoms with van der Waals surface area (Å²) >= 11 is 0. The first-order chi connectivity index (χ1) is 9.09. The van der Waals surface area contributed by atoms with Crippen LogP contribution in [0.1, 0.15) is 34.1 Å². The molecule has 0 spiro atoms. The lowest BCUT2D eigenvalue weighted by Crippen LogP contribution is -2.12. The molecular formula is C15H26N2O2. The molecule has 108 valence electrons. The van der Waals surface area contributed by atoms with Crippen molar-refractivity contribution < 1.29 is 9.47 Å². The van der Waals surface area contributed by atoms with Crippen LogP contribution < -0.4 is 10.1 Å². The van der Waals surface area contributed by atoms with Crippen LogP contribution in [0.5, 0.6) is 5.75 Å². The van der Waals surface area contributed by atoms with Crippen LogP contribution in [-0.4, -0.2) is 30.8 Å². The molecule has 0 aliphatic carbocycles. The lowest BCUT2D eigenvalue weighted by molar-refractivity contribution is 0.110. The predicted molar refractivity (Wildman–Crippen MR) is 78.8 cm³/mol. The Morgan fingerprint density at radius 3 is 2.74 bits per heavy atom. The summed E-state index contributed by atoms with van der Waals surface area (Å²) in [6.07, 6.45) is 2.88. The van der Waals surface area contributed by atoms with Gasteiger partial charge in [-0.3, -0.25) is 0 Å². The maximum Gasteiger partial charge on any atom is 0.168 e. The number of pyridine rings is 1. The van der Waals surface area contributed by atoms with Gasteiger partial charge >= 0.3 is 0 Å². The second-order valence-electron chi connectivity index (χ2n) is 5.27. The summed E-state index contributed by atoms with van der Waals surface area (Å²) in [4.78, 5) is 4.30. The minimum Gasteiger partial charge on any atom is -0.487 e. The van der Waals surface area contributed by atoms with Gasteiger partial charge in [-0.25, -0.2) is 4.98 Å². The number of anilines is 1. The van der Waals surface area contributed by atoms with Gasteiger partial charge in [-0.15, -0.1) is 0 Å². The van der Waals surface area contributed by atoms with Crippen molar-refractivity contribution in [1.82, 2.24) is 4.98 Å². The third-order valence-corrected chi connectivity index (χ3v) is 2.34. The van der Waals surface area contributed by atoms with Crippen LogP contribution in [0.15, 0.2) is 18.3 Å². The maximum atomic E-state index is 5.70. The van der Waals surface area contributed by atoms with E-state index in [1.165, 1.54) is 0 Å². The highest BCUT2D eigenvalue weighted by atomic mass is 16.5. The van der Waals surface area contributed by atoms with E-state index in [4.69, 9.17) is 9.47 Å². The highest BCUT2D eigenvalue weighted by Gasteiger charge is 2.05. The van der Waals surface area contributed by atoms with Crippen molar-refractivity contribution in [2.45, 2.75) is 40.2 Å². The van der Waals surface area contributed by atoms with Gasteiger partial charge < -0.3 is 14.8 Å². The summed E-state index contributed by atoms with van der Waals surface area (Å²) in [6, 6.07) is 3.82. The molecule has 0 aliphatic rings. The quantitative estimate of drug-likeness (QED) is 0.696. The van der Waals surface area contributed by atoms with E-state index in [0.717, 1.165) is 37.7 Å². The minimum absolute atomic E-state index is 0.152. The molecule has 4 heteroatoms. The fourth-order valence-corrected chi connectivity index (χ4v) is 1.57. The maximum absolute atomic E-state index is 5.70. The Labute approximate surface area is 116 Å². The van der Waals surface area contributed by atoms with Crippen LogP contribution >= 0.6 is 0 Å². The van der Waals surface area contributed by atoms with E-state index in [0.29, 0.717) is 5.92 Å². The van der Waals surface area contributed by atoms with Crippen molar-refractivity contribution in [1.29, 1.82) is 0 Å². The van der Waals surface area contributed by atoms with E-state index in [2.05, 4.69) is 24.1 Å². The van der Waals surface area contributed by atoms with Crippen LogP contribution in [0.3, 0.4) is 0 Å². The zero-order chi connectivity index (χ0) is 14.1. The van der Waals surface area contributed by atoms with Gasteiger partial charge in [0, 0.05) is 26.0 Å². The zero-order valence-electron chi connectivity index (χ0n) is 12.5. The number of nitrogens with one attached hydrogen (secondary N) is 1. The lowest BCUT2D eigenvalue weighted by Gasteiger charge is -2.14. The third-order valence-electron chi connectivity index (χ3n) is 2.34. The highest BCUT2D eigenvalue weighted by molar-refractivity contribution is 5.49. The molecule has 0 aromatic carbocycles. The van der Waals surface area contributed by atoms with Crippen LogP contribution in [0.25, 0.3) is 0 Å².